The van der Waals surface area contributed by atoms with Gasteiger partial charge in [0.05, 0.1) is 11.6 Å². The molecule has 0 saturated heterocycles. The van der Waals surface area contributed by atoms with Gasteiger partial charge in [-0.05, 0) is 35.4 Å². The molecule has 0 bridgehead atoms. The zero-order valence-electron chi connectivity index (χ0n) is 10.8. The third kappa shape index (κ3) is 2.39. The van der Waals surface area contributed by atoms with E-state index in [2.05, 4.69) is 10.4 Å². The van der Waals surface area contributed by atoms with Crippen molar-refractivity contribution in [1.29, 1.82) is 0 Å². The van der Waals surface area contributed by atoms with Crippen molar-refractivity contribution in [2.75, 3.05) is 0 Å². The summed E-state index contributed by atoms with van der Waals surface area (Å²) in [7, 11) is 0. The van der Waals surface area contributed by atoms with Crippen LogP contribution in [0.5, 0.6) is 0 Å². The summed E-state index contributed by atoms with van der Waals surface area (Å²) in [6.07, 6.45) is 1.75. The quantitative estimate of drug-likeness (QED) is 0.566. The molecule has 3 rings (SSSR count). The average Bonchev–Trinajstić information content (AvgIpc) is 2.48. The fraction of sp³-hybridized carbons (Fsp3) is 0.0625. The highest BCUT2D eigenvalue weighted by Crippen LogP contribution is 2.24. The molecule has 0 aliphatic carbocycles. The highest BCUT2D eigenvalue weighted by atomic mass is 19.1. The molecule has 0 amide bonds. The van der Waals surface area contributed by atoms with E-state index in [-0.39, 0.29) is 11.9 Å². The molecule has 0 aliphatic rings. The summed E-state index contributed by atoms with van der Waals surface area (Å²) in [4.78, 5) is 4.33. The standard InChI is InChI=1S/C16H14FN3/c17-14-5-1-3-12(9-14)16(20-18)13-7-6-11-4-2-8-19-15(11)10-13/h1-10,16,20H,18H2. The lowest BCUT2D eigenvalue weighted by Crippen LogP contribution is -2.28. The first-order valence-electron chi connectivity index (χ1n) is 6.34. The van der Waals surface area contributed by atoms with Gasteiger partial charge in [0.15, 0.2) is 0 Å². The van der Waals surface area contributed by atoms with Crippen molar-refractivity contribution in [3.05, 3.63) is 77.7 Å². The monoisotopic (exact) mass is 267 g/mol. The molecule has 100 valence electrons. The molecule has 3 aromatic rings. The maximum atomic E-state index is 13.4. The molecule has 1 aromatic heterocycles. The average molecular weight is 267 g/mol. The molecule has 0 spiro atoms. The number of nitrogens with one attached hydrogen (secondary N) is 1. The Balaban J connectivity index is 2.07. The summed E-state index contributed by atoms with van der Waals surface area (Å²) in [5, 5.41) is 1.06. The van der Waals surface area contributed by atoms with Gasteiger partial charge in [-0.25, -0.2) is 9.82 Å². The van der Waals surface area contributed by atoms with E-state index in [4.69, 9.17) is 5.84 Å². The first-order valence-corrected chi connectivity index (χ1v) is 6.34. The van der Waals surface area contributed by atoms with Crippen molar-refractivity contribution in [3.8, 4) is 0 Å². The second-order valence-corrected chi connectivity index (χ2v) is 4.61. The van der Waals surface area contributed by atoms with Gasteiger partial charge in [0.2, 0.25) is 0 Å². The second-order valence-electron chi connectivity index (χ2n) is 4.61. The van der Waals surface area contributed by atoms with Gasteiger partial charge in [0, 0.05) is 11.6 Å². The molecule has 4 heteroatoms. The highest BCUT2D eigenvalue weighted by Gasteiger charge is 2.13. The van der Waals surface area contributed by atoms with E-state index in [1.807, 2.05) is 36.4 Å². The minimum absolute atomic E-state index is 0.267. The summed E-state index contributed by atoms with van der Waals surface area (Å²) in [5.41, 5.74) is 5.35. The van der Waals surface area contributed by atoms with Crippen LogP contribution in [0.2, 0.25) is 0 Å². The van der Waals surface area contributed by atoms with E-state index in [1.54, 1.807) is 12.3 Å². The number of fused-ring (bicyclic) bond motifs is 1. The Morgan fingerprint density at radius 1 is 1.00 bits per heavy atom. The van der Waals surface area contributed by atoms with Crippen LogP contribution in [0.1, 0.15) is 17.2 Å². The Bertz CT molecular complexity index is 742. The van der Waals surface area contributed by atoms with Crippen molar-refractivity contribution < 1.29 is 4.39 Å². The number of hydrazine groups is 1. The van der Waals surface area contributed by atoms with Gasteiger partial charge in [-0.3, -0.25) is 10.8 Å². The Kier molecular flexibility index (Phi) is 3.41. The van der Waals surface area contributed by atoms with E-state index in [1.165, 1.54) is 12.1 Å². The molecule has 2 aromatic carbocycles. The maximum Gasteiger partial charge on any atom is 0.123 e. The van der Waals surface area contributed by atoms with Crippen molar-refractivity contribution in [1.82, 2.24) is 10.4 Å². The number of hydrogen-bond acceptors (Lipinski definition) is 3. The number of pyridine rings is 1. The van der Waals surface area contributed by atoms with Crippen LogP contribution >= 0.6 is 0 Å². The number of hydrogen-bond donors (Lipinski definition) is 2. The number of halogens is 1. The van der Waals surface area contributed by atoms with Gasteiger partial charge >= 0.3 is 0 Å². The molecule has 1 unspecified atom stereocenters. The van der Waals surface area contributed by atoms with Gasteiger partial charge in [-0.1, -0.05) is 30.3 Å². The number of nitrogens with zero attached hydrogens (tertiary/aromatic N) is 1. The number of nitrogens with two attached hydrogens (primary N) is 1. The van der Waals surface area contributed by atoms with Crippen molar-refractivity contribution >= 4 is 10.9 Å². The zero-order chi connectivity index (χ0) is 13.9. The largest absolute Gasteiger partial charge is 0.271 e. The lowest BCUT2D eigenvalue weighted by Gasteiger charge is -2.17. The van der Waals surface area contributed by atoms with Crippen LogP contribution in [0.4, 0.5) is 4.39 Å². The Labute approximate surface area is 116 Å². The third-order valence-electron chi connectivity index (χ3n) is 3.31. The van der Waals surface area contributed by atoms with Crippen LogP contribution in [-0.4, -0.2) is 4.98 Å². The molecule has 20 heavy (non-hydrogen) atoms. The maximum absolute atomic E-state index is 13.4. The second kappa shape index (κ2) is 5.36. The summed E-state index contributed by atoms with van der Waals surface area (Å²) < 4.78 is 13.4. The highest BCUT2D eigenvalue weighted by molar-refractivity contribution is 5.79. The van der Waals surface area contributed by atoms with Gasteiger partial charge in [0.1, 0.15) is 5.82 Å². The van der Waals surface area contributed by atoms with Crippen LogP contribution in [0.15, 0.2) is 60.8 Å². The predicted molar refractivity (Wildman–Crippen MR) is 77.3 cm³/mol. The van der Waals surface area contributed by atoms with Crippen molar-refractivity contribution in [3.63, 3.8) is 0 Å². The van der Waals surface area contributed by atoms with E-state index < -0.39 is 0 Å². The van der Waals surface area contributed by atoms with Gasteiger partial charge in [-0.15, -0.1) is 0 Å². The first kappa shape index (κ1) is 12.7. The molecule has 0 aliphatic heterocycles. The first-order chi connectivity index (χ1) is 9.78. The van der Waals surface area contributed by atoms with Crippen LogP contribution in [-0.2, 0) is 0 Å². The fourth-order valence-corrected chi connectivity index (χ4v) is 2.33. The third-order valence-corrected chi connectivity index (χ3v) is 3.31. The van der Waals surface area contributed by atoms with Crippen LogP contribution in [0, 0.1) is 5.82 Å². The van der Waals surface area contributed by atoms with Gasteiger partial charge in [-0.2, -0.15) is 0 Å². The smallest absolute Gasteiger partial charge is 0.123 e. The molecule has 0 fully saturated rings. The molecule has 1 heterocycles. The minimum Gasteiger partial charge on any atom is -0.271 e. The molecule has 0 saturated carbocycles. The van der Waals surface area contributed by atoms with E-state index >= 15 is 0 Å². The predicted octanol–water partition coefficient (Wildman–Crippen LogP) is 2.93. The topological polar surface area (TPSA) is 50.9 Å². The normalized spacial score (nSPS) is 12.5. The minimum atomic E-state index is -0.276. The van der Waals surface area contributed by atoms with E-state index in [9.17, 15) is 4.39 Å². The Morgan fingerprint density at radius 2 is 1.85 bits per heavy atom. The van der Waals surface area contributed by atoms with E-state index in [0.717, 1.165) is 22.0 Å². The van der Waals surface area contributed by atoms with Crippen molar-refractivity contribution in [2.45, 2.75) is 6.04 Å². The van der Waals surface area contributed by atoms with E-state index in [0.29, 0.717) is 0 Å². The Hall–Kier alpha value is -2.30. The number of rotatable bonds is 3. The number of aromatic nitrogens is 1. The van der Waals surface area contributed by atoms with Crippen LogP contribution < -0.4 is 11.3 Å². The summed E-state index contributed by atoms with van der Waals surface area (Å²) in [6, 6.07) is 16.0. The molecular weight excluding hydrogens is 253 g/mol. The summed E-state index contributed by atoms with van der Waals surface area (Å²) >= 11 is 0. The molecule has 0 radical (unpaired) electrons. The molecule has 1 atom stereocenters. The van der Waals surface area contributed by atoms with Crippen molar-refractivity contribution in [2.24, 2.45) is 5.84 Å². The SMILES string of the molecule is NNC(c1cccc(F)c1)c1ccc2cccnc2c1. The van der Waals surface area contributed by atoms with Gasteiger partial charge in [0.25, 0.3) is 0 Å². The van der Waals surface area contributed by atoms with Crippen LogP contribution in [0.3, 0.4) is 0 Å². The fourth-order valence-electron chi connectivity index (χ4n) is 2.33. The molecule has 3 nitrogen and oxygen atoms in total. The Morgan fingerprint density at radius 3 is 2.65 bits per heavy atom. The zero-order valence-corrected chi connectivity index (χ0v) is 10.8. The number of benzene rings is 2. The van der Waals surface area contributed by atoms with Crippen LogP contribution in [0.25, 0.3) is 10.9 Å². The summed E-state index contributed by atoms with van der Waals surface area (Å²) in [6.45, 7) is 0. The summed E-state index contributed by atoms with van der Waals surface area (Å²) in [5.74, 6) is 5.36. The van der Waals surface area contributed by atoms with Gasteiger partial charge < -0.3 is 0 Å². The molecule has 3 N–H and O–H groups in total. The lowest BCUT2D eigenvalue weighted by atomic mass is 9.98. The lowest BCUT2D eigenvalue weighted by molar-refractivity contribution is 0.605. The molecular formula is C16H14FN3.